The monoisotopic (exact) mass is 284 g/mol. The molecule has 1 rings (SSSR count). The lowest BCUT2D eigenvalue weighted by Gasteiger charge is -2.20. The van der Waals surface area contributed by atoms with Crippen LogP contribution < -0.4 is 15.4 Å². The fourth-order valence-electron chi connectivity index (χ4n) is 1.49. The molecule has 4 nitrogen and oxygen atoms in total. The summed E-state index contributed by atoms with van der Waals surface area (Å²) in [5, 5.41) is 6.17. The van der Waals surface area contributed by atoms with Crippen molar-refractivity contribution in [2.24, 2.45) is 0 Å². The highest BCUT2D eigenvalue weighted by Crippen LogP contribution is 2.25. The molecule has 0 aliphatic heterocycles. The number of carbonyl (C=O) groups is 1. The first kappa shape index (κ1) is 15.6. The second-order valence-corrected chi connectivity index (χ2v) is 5.66. The molecule has 0 aromatic heterocycles. The third-order valence-corrected chi connectivity index (χ3v) is 2.53. The van der Waals surface area contributed by atoms with Crippen LogP contribution in [0.15, 0.2) is 18.2 Å². The van der Waals surface area contributed by atoms with Crippen molar-refractivity contribution in [2.45, 2.75) is 39.8 Å². The molecule has 2 N–H and O–H groups in total. The first-order valence-corrected chi connectivity index (χ1v) is 6.67. The van der Waals surface area contributed by atoms with Crippen molar-refractivity contribution in [3.8, 4) is 5.75 Å². The van der Waals surface area contributed by atoms with E-state index in [2.05, 4.69) is 10.6 Å². The van der Waals surface area contributed by atoms with Gasteiger partial charge in [-0.1, -0.05) is 17.7 Å². The van der Waals surface area contributed by atoms with E-state index in [1.807, 2.05) is 39.8 Å². The Morgan fingerprint density at radius 3 is 2.58 bits per heavy atom. The summed E-state index contributed by atoms with van der Waals surface area (Å²) in [6.45, 7) is 8.70. The van der Waals surface area contributed by atoms with E-state index in [0.29, 0.717) is 23.9 Å². The van der Waals surface area contributed by atoms with Crippen LogP contribution in [0, 0.1) is 0 Å². The highest BCUT2D eigenvalue weighted by atomic mass is 35.5. The third kappa shape index (κ3) is 5.83. The van der Waals surface area contributed by atoms with Gasteiger partial charge in [0.25, 0.3) is 0 Å². The van der Waals surface area contributed by atoms with Gasteiger partial charge in [0.15, 0.2) is 0 Å². The third-order valence-electron chi connectivity index (χ3n) is 2.24. The quantitative estimate of drug-likeness (QED) is 0.891. The molecule has 0 atom stereocenters. The molecule has 1 aromatic rings. The van der Waals surface area contributed by atoms with Gasteiger partial charge in [-0.2, -0.15) is 0 Å². The maximum Gasteiger partial charge on any atom is 0.315 e. The number of halogens is 1. The van der Waals surface area contributed by atoms with Gasteiger partial charge in [0.2, 0.25) is 0 Å². The van der Waals surface area contributed by atoms with Crippen molar-refractivity contribution in [3.63, 3.8) is 0 Å². The Morgan fingerprint density at radius 1 is 1.37 bits per heavy atom. The molecule has 0 bridgehead atoms. The molecule has 0 unspecified atom stereocenters. The fraction of sp³-hybridized carbons (Fsp3) is 0.500. The number of urea groups is 1. The highest BCUT2D eigenvalue weighted by molar-refractivity contribution is 6.32. The average molecular weight is 285 g/mol. The van der Waals surface area contributed by atoms with Crippen molar-refractivity contribution in [1.29, 1.82) is 0 Å². The van der Waals surface area contributed by atoms with E-state index in [0.717, 1.165) is 5.56 Å². The maximum absolute atomic E-state index is 11.6. The Labute approximate surface area is 119 Å². The Kier molecular flexibility index (Phi) is 5.48. The molecule has 106 valence electrons. The second-order valence-electron chi connectivity index (χ2n) is 5.26. The van der Waals surface area contributed by atoms with Crippen molar-refractivity contribution in [1.82, 2.24) is 10.6 Å². The van der Waals surface area contributed by atoms with E-state index in [9.17, 15) is 4.79 Å². The van der Waals surface area contributed by atoms with Gasteiger partial charge in [0, 0.05) is 12.1 Å². The Bertz CT molecular complexity index is 442. The fourth-order valence-corrected chi connectivity index (χ4v) is 1.75. The molecule has 0 aliphatic rings. The zero-order valence-electron chi connectivity index (χ0n) is 11.8. The number of nitrogens with one attached hydrogen (secondary N) is 2. The molecule has 1 aromatic carbocycles. The zero-order chi connectivity index (χ0) is 14.5. The van der Waals surface area contributed by atoms with Gasteiger partial charge in [-0.05, 0) is 45.4 Å². The smallest absolute Gasteiger partial charge is 0.315 e. The lowest BCUT2D eigenvalue weighted by molar-refractivity contribution is 0.231. The van der Waals surface area contributed by atoms with Crippen molar-refractivity contribution < 1.29 is 9.53 Å². The molecule has 0 aliphatic carbocycles. The molecule has 0 saturated carbocycles. The molecule has 0 fully saturated rings. The van der Waals surface area contributed by atoms with E-state index in [-0.39, 0.29) is 11.6 Å². The summed E-state index contributed by atoms with van der Waals surface area (Å²) in [7, 11) is 0. The number of ether oxygens (including phenoxy) is 1. The van der Waals surface area contributed by atoms with Crippen LogP contribution in [0.3, 0.4) is 0 Å². The minimum Gasteiger partial charge on any atom is -0.492 e. The molecular formula is C14H21ClN2O2. The van der Waals surface area contributed by atoms with E-state index >= 15 is 0 Å². The summed E-state index contributed by atoms with van der Waals surface area (Å²) in [6, 6.07) is 5.29. The molecule has 0 heterocycles. The molecular weight excluding hydrogens is 264 g/mol. The molecule has 19 heavy (non-hydrogen) atoms. The first-order chi connectivity index (χ1) is 8.81. The summed E-state index contributed by atoms with van der Waals surface area (Å²) < 4.78 is 5.35. The predicted octanol–water partition coefficient (Wildman–Crippen LogP) is 3.34. The number of hydrogen-bond donors (Lipinski definition) is 2. The highest BCUT2D eigenvalue weighted by Gasteiger charge is 2.13. The number of hydrogen-bond acceptors (Lipinski definition) is 2. The summed E-state index contributed by atoms with van der Waals surface area (Å²) in [5.74, 6) is 0.659. The van der Waals surface area contributed by atoms with Crippen LogP contribution in [-0.4, -0.2) is 18.2 Å². The summed E-state index contributed by atoms with van der Waals surface area (Å²) in [5.41, 5.74) is 0.679. The van der Waals surface area contributed by atoms with Crippen LogP contribution in [0.5, 0.6) is 5.75 Å². The number of benzene rings is 1. The van der Waals surface area contributed by atoms with Gasteiger partial charge in [-0.25, -0.2) is 4.79 Å². The van der Waals surface area contributed by atoms with Gasteiger partial charge in [0.1, 0.15) is 5.75 Å². The van der Waals surface area contributed by atoms with Crippen molar-refractivity contribution in [2.75, 3.05) is 6.61 Å². The predicted molar refractivity (Wildman–Crippen MR) is 77.7 cm³/mol. The molecule has 0 radical (unpaired) electrons. The normalized spacial score (nSPS) is 11.0. The van der Waals surface area contributed by atoms with E-state index in [1.165, 1.54) is 0 Å². The van der Waals surface area contributed by atoms with E-state index in [1.54, 1.807) is 6.07 Å². The summed E-state index contributed by atoms with van der Waals surface area (Å²) >= 11 is 6.08. The van der Waals surface area contributed by atoms with Gasteiger partial charge in [0.05, 0.1) is 11.6 Å². The summed E-state index contributed by atoms with van der Waals surface area (Å²) in [6.07, 6.45) is 0. The Morgan fingerprint density at radius 2 is 2.05 bits per heavy atom. The Hall–Kier alpha value is -1.42. The molecule has 0 saturated heterocycles. The maximum atomic E-state index is 11.6. The minimum atomic E-state index is -0.249. The number of rotatable bonds is 4. The van der Waals surface area contributed by atoms with Crippen LogP contribution in [0.1, 0.15) is 33.3 Å². The van der Waals surface area contributed by atoms with Crippen LogP contribution in [0.2, 0.25) is 5.02 Å². The zero-order valence-corrected chi connectivity index (χ0v) is 12.6. The van der Waals surface area contributed by atoms with E-state index < -0.39 is 0 Å². The average Bonchev–Trinajstić information content (AvgIpc) is 2.27. The first-order valence-electron chi connectivity index (χ1n) is 6.29. The topological polar surface area (TPSA) is 50.4 Å². The second kappa shape index (κ2) is 6.66. The molecule has 2 amide bonds. The standard InChI is InChI=1S/C14H21ClN2O2/c1-5-19-12-7-6-10(8-11(12)15)9-16-13(18)17-14(2,3)4/h6-8H,5,9H2,1-4H3,(H2,16,17,18). The molecule has 0 spiro atoms. The number of amides is 2. The summed E-state index contributed by atoms with van der Waals surface area (Å²) in [4.78, 5) is 11.6. The van der Waals surface area contributed by atoms with Crippen LogP contribution in [0.25, 0.3) is 0 Å². The van der Waals surface area contributed by atoms with Gasteiger partial charge in [-0.3, -0.25) is 0 Å². The number of carbonyl (C=O) groups excluding carboxylic acids is 1. The lowest BCUT2D eigenvalue weighted by Crippen LogP contribution is -2.46. The minimum absolute atomic E-state index is 0.197. The largest absolute Gasteiger partial charge is 0.492 e. The van der Waals surface area contributed by atoms with Crippen molar-refractivity contribution >= 4 is 17.6 Å². The lowest BCUT2D eigenvalue weighted by atomic mass is 10.1. The van der Waals surface area contributed by atoms with Crippen molar-refractivity contribution in [3.05, 3.63) is 28.8 Å². The van der Waals surface area contributed by atoms with Crippen LogP contribution >= 0.6 is 11.6 Å². The van der Waals surface area contributed by atoms with Crippen LogP contribution in [-0.2, 0) is 6.54 Å². The van der Waals surface area contributed by atoms with Crippen LogP contribution in [0.4, 0.5) is 4.79 Å². The molecule has 5 heteroatoms. The SMILES string of the molecule is CCOc1ccc(CNC(=O)NC(C)(C)C)cc1Cl. The van der Waals surface area contributed by atoms with Gasteiger partial charge >= 0.3 is 6.03 Å². The van der Waals surface area contributed by atoms with E-state index in [4.69, 9.17) is 16.3 Å². The van der Waals surface area contributed by atoms with Gasteiger partial charge in [-0.15, -0.1) is 0 Å². The van der Waals surface area contributed by atoms with Gasteiger partial charge < -0.3 is 15.4 Å². The Balaban J connectivity index is 2.54.